The normalized spacial score (nSPS) is 11.8. The van der Waals surface area contributed by atoms with Gasteiger partial charge in [-0.1, -0.05) is 53.7 Å². The molecule has 154 valence electrons. The molecule has 0 aliphatic rings. The van der Waals surface area contributed by atoms with Gasteiger partial charge >= 0.3 is 6.18 Å². The minimum Gasteiger partial charge on any atom is -0.333 e. The Balaban J connectivity index is 1.76. The first-order valence-corrected chi connectivity index (χ1v) is 10.0. The first-order valence-electron chi connectivity index (χ1n) is 9.22. The molecular formula is C22H18F3N3OS. The highest BCUT2D eigenvalue weighted by molar-refractivity contribution is 7.16. The zero-order valence-corrected chi connectivity index (χ0v) is 17.1. The summed E-state index contributed by atoms with van der Waals surface area (Å²) in [6, 6.07) is 15.7. The lowest BCUT2D eigenvalue weighted by molar-refractivity contribution is -0.133. The fourth-order valence-electron chi connectivity index (χ4n) is 3.28. The molecule has 0 unspecified atom stereocenters. The van der Waals surface area contributed by atoms with E-state index >= 15 is 0 Å². The monoisotopic (exact) mass is 429 g/mol. The number of thiophene rings is 1. The Labute approximate surface area is 175 Å². The van der Waals surface area contributed by atoms with Crippen molar-refractivity contribution in [1.29, 1.82) is 0 Å². The number of alkyl halides is 3. The van der Waals surface area contributed by atoms with Gasteiger partial charge in [-0.2, -0.15) is 18.2 Å². The zero-order chi connectivity index (χ0) is 21.3. The van der Waals surface area contributed by atoms with Crippen LogP contribution in [0.15, 0.2) is 59.1 Å². The summed E-state index contributed by atoms with van der Waals surface area (Å²) in [5, 5.41) is 7.12. The van der Waals surface area contributed by atoms with Gasteiger partial charge in [-0.3, -0.25) is 0 Å². The molecule has 0 atom stereocenters. The van der Waals surface area contributed by atoms with Crippen LogP contribution >= 0.6 is 11.3 Å². The fourth-order valence-corrected chi connectivity index (χ4v) is 4.25. The van der Waals surface area contributed by atoms with Crippen molar-refractivity contribution in [3.05, 3.63) is 70.6 Å². The lowest BCUT2D eigenvalue weighted by Gasteiger charge is -2.07. The average Bonchev–Trinajstić information content (AvgIpc) is 3.37. The van der Waals surface area contributed by atoms with Gasteiger partial charge in [-0.15, -0.1) is 11.3 Å². The Hall–Kier alpha value is -2.97. The summed E-state index contributed by atoms with van der Waals surface area (Å²) in [5.41, 5.74) is 3.46. The molecule has 30 heavy (non-hydrogen) atoms. The number of nitrogens with one attached hydrogen (secondary N) is 1. The summed E-state index contributed by atoms with van der Waals surface area (Å²) in [6.45, 7) is 2.64. The van der Waals surface area contributed by atoms with Crippen molar-refractivity contribution in [3.63, 3.8) is 0 Å². The summed E-state index contributed by atoms with van der Waals surface area (Å²) in [4.78, 5) is 3.98. The first-order chi connectivity index (χ1) is 14.4. The molecule has 4 nitrogen and oxygen atoms in total. The lowest BCUT2D eigenvalue weighted by Crippen LogP contribution is -2.07. The van der Waals surface area contributed by atoms with Crippen LogP contribution in [0.3, 0.4) is 0 Å². The van der Waals surface area contributed by atoms with Crippen LogP contribution in [0, 0.1) is 6.92 Å². The van der Waals surface area contributed by atoms with Gasteiger partial charge in [0.2, 0.25) is 5.82 Å². The Morgan fingerprint density at radius 1 is 1.03 bits per heavy atom. The summed E-state index contributed by atoms with van der Waals surface area (Å²) in [5.74, 6) is 0.421. The van der Waals surface area contributed by atoms with Crippen LogP contribution < -0.4 is 5.32 Å². The van der Waals surface area contributed by atoms with Gasteiger partial charge in [0.1, 0.15) is 4.88 Å². The number of aromatic nitrogens is 2. The van der Waals surface area contributed by atoms with Crippen molar-refractivity contribution in [2.45, 2.75) is 19.6 Å². The number of benzene rings is 2. The summed E-state index contributed by atoms with van der Waals surface area (Å²) >= 11 is 0.607. The van der Waals surface area contributed by atoms with Crippen molar-refractivity contribution in [3.8, 4) is 33.3 Å². The molecule has 0 radical (unpaired) electrons. The third-order valence-corrected chi connectivity index (χ3v) is 5.93. The quantitative estimate of drug-likeness (QED) is 0.412. The molecule has 2 aromatic carbocycles. The molecule has 0 bridgehead atoms. The highest BCUT2D eigenvalue weighted by atomic mass is 32.1. The average molecular weight is 429 g/mol. The van der Waals surface area contributed by atoms with Crippen molar-refractivity contribution in [2.75, 3.05) is 7.05 Å². The van der Waals surface area contributed by atoms with Crippen molar-refractivity contribution < 1.29 is 17.7 Å². The standard InChI is InChI=1S/C22H18F3N3OS/c1-13-15(12-26-2)9-6-10-16(13)20-27-21(29-28-20)18-11-17(14-7-4-3-5-8-14)19(30-18)22(23,24)25/h3-11,26H,12H2,1-2H3. The van der Waals surface area contributed by atoms with Gasteiger partial charge in [-0.05, 0) is 36.7 Å². The molecular weight excluding hydrogens is 411 g/mol. The molecule has 2 heterocycles. The maximum absolute atomic E-state index is 13.6. The van der Waals surface area contributed by atoms with E-state index in [0.29, 0.717) is 29.3 Å². The zero-order valence-electron chi connectivity index (χ0n) is 16.2. The van der Waals surface area contributed by atoms with Crippen LogP contribution in [-0.2, 0) is 12.7 Å². The number of nitrogens with zero attached hydrogens (tertiary/aromatic N) is 2. The predicted molar refractivity (Wildman–Crippen MR) is 111 cm³/mol. The maximum atomic E-state index is 13.6. The van der Waals surface area contributed by atoms with E-state index in [1.165, 1.54) is 6.07 Å². The third kappa shape index (κ3) is 3.88. The minimum atomic E-state index is -4.48. The van der Waals surface area contributed by atoms with Crippen molar-refractivity contribution in [2.24, 2.45) is 0 Å². The Bertz CT molecular complexity index is 1170. The van der Waals surface area contributed by atoms with Crippen LogP contribution in [-0.4, -0.2) is 17.2 Å². The number of halogens is 3. The second-order valence-electron chi connectivity index (χ2n) is 6.76. The SMILES string of the molecule is CNCc1cccc(-c2noc(-c3cc(-c4ccccc4)c(C(F)(F)F)s3)n2)c1C. The van der Waals surface area contributed by atoms with E-state index in [2.05, 4.69) is 15.5 Å². The molecule has 0 spiro atoms. The molecule has 4 aromatic rings. The summed E-state index contributed by atoms with van der Waals surface area (Å²) in [6.07, 6.45) is -4.48. The van der Waals surface area contributed by atoms with E-state index in [1.807, 2.05) is 32.2 Å². The fraction of sp³-hybridized carbons (Fsp3) is 0.182. The van der Waals surface area contributed by atoms with Gasteiger partial charge in [0.15, 0.2) is 0 Å². The first kappa shape index (κ1) is 20.3. The van der Waals surface area contributed by atoms with E-state index in [1.54, 1.807) is 30.3 Å². The van der Waals surface area contributed by atoms with Crippen molar-refractivity contribution in [1.82, 2.24) is 15.5 Å². The minimum absolute atomic E-state index is 0.0705. The number of hydrogen-bond acceptors (Lipinski definition) is 5. The largest absolute Gasteiger partial charge is 0.426 e. The van der Waals surface area contributed by atoms with Crippen LogP contribution in [0.25, 0.3) is 33.3 Å². The molecule has 0 saturated carbocycles. The molecule has 8 heteroatoms. The van der Waals surface area contributed by atoms with E-state index in [-0.39, 0.29) is 16.3 Å². The highest BCUT2D eigenvalue weighted by Crippen LogP contribution is 2.45. The molecule has 1 N–H and O–H groups in total. The summed E-state index contributed by atoms with van der Waals surface area (Å²) < 4.78 is 46.3. The van der Waals surface area contributed by atoms with Gasteiger partial charge in [0.25, 0.3) is 5.89 Å². The van der Waals surface area contributed by atoms with Crippen molar-refractivity contribution >= 4 is 11.3 Å². The third-order valence-electron chi connectivity index (χ3n) is 4.77. The predicted octanol–water partition coefficient (Wildman–Crippen LogP) is 6.18. The Morgan fingerprint density at radius 2 is 1.80 bits per heavy atom. The molecule has 0 aliphatic heterocycles. The van der Waals surface area contributed by atoms with Crippen LogP contribution in [0.4, 0.5) is 13.2 Å². The lowest BCUT2D eigenvalue weighted by atomic mass is 10.0. The molecule has 4 rings (SSSR count). The maximum Gasteiger partial charge on any atom is 0.426 e. The van der Waals surface area contributed by atoms with E-state index in [9.17, 15) is 13.2 Å². The van der Waals surface area contributed by atoms with Gasteiger partial charge < -0.3 is 9.84 Å². The smallest absolute Gasteiger partial charge is 0.333 e. The topological polar surface area (TPSA) is 51.0 Å². The highest BCUT2D eigenvalue weighted by Gasteiger charge is 2.37. The van der Waals surface area contributed by atoms with Gasteiger partial charge in [-0.25, -0.2) is 0 Å². The Kier molecular flexibility index (Phi) is 5.44. The molecule has 0 aliphatic carbocycles. The van der Waals surface area contributed by atoms with Crippen LogP contribution in [0.1, 0.15) is 16.0 Å². The van der Waals surface area contributed by atoms with Gasteiger partial charge in [0, 0.05) is 17.7 Å². The van der Waals surface area contributed by atoms with E-state index < -0.39 is 11.1 Å². The second kappa shape index (κ2) is 8.04. The number of rotatable bonds is 5. The molecule has 0 amide bonds. The summed E-state index contributed by atoms with van der Waals surface area (Å²) in [7, 11) is 1.86. The Morgan fingerprint density at radius 3 is 2.50 bits per heavy atom. The molecule has 0 saturated heterocycles. The number of hydrogen-bond donors (Lipinski definition) is 1. The van der Waals surface area contributed by atoms with Gasteiger partial charge in [0.05, 0.1) is 4.88 Å². The second-order valence-corrected chi connectivity index (χ2v) is 7.81. The van der Waals surface area contributed by atoms with Crippen LogP contribution in [0.2, 0.25) is 0 Å². The molecule has 0 fully saturated rings. The van der Waals surface area contributed by atoms with E-state index in [0.717, 1.165) is 16.7 Å². The van der Waals surface area contributed by atoms with Crippen LogP contribution in [0.5, 0.6) is 0 Å². The van der Waals surface area contributed by atoms with E-state index in [4.69, 9.17) is 4.52 Å². The molecule has 2 aromatic heterocycles.